The third-order valence-corrected chi connectivity index (χ3v) is 6.57. The molecule has 0 spiro atoms. The summed E-state index contributed by atoms with van der Waals surface area (Å²) in [6.07, 6.45) is 6.74. The highest BCUT2D eigenvalue weighted by Gasteiger charge is 2.19. The van der Waals surface area contributed by atoms with Crippen molar-refractivity contribution < 1.29 is 4.79 Å². The molecule has 2 aromatic heterocycles. The van der Waals surface area contributed by atoms with Crippen molar-refractivity contribution in [1.29, 1.82) is 0 Å². The zero-order chi connectivity index (χ0) is 23.9. The number of fused-ring (bicyclic) bond motifs is 1. The van der Waals surface area contributed by atoms with Crippen LogP contribution in [0.2, 0.25) is 0 Å². The normalized spacial score (nSPS) is 14.3. The number of hydrogen-bond acceptors (Lipinski definition) is 6. The lowest BCUT2D eigenvalue weighted by molar-refractivity contribution is 0.0951. The van der Waals surface area contributed by atoms with E-state index in [4.69, 9.17) is 0 Å². The van der Waals surface area contributed by atoms with Gasteiger partial charge in [-0.3, -0.25) is 9.78 Å². The molecule has 0 bridgehead atoms. The predicted octanol–water partition coefficient (Wildman–Crippen LogP) is 3.41. The number of pyridine rings is 1. The van der Waals surface area contributed by atoms with Crippen LogP contribution in [-0.4, -0.2) is 51.6 Å². The molecule has 0 radical (unpaired) electrons. The second kappa shape index (κ2) is 11.1. The highest BCUT2D eigenvalue weighted by atomic mass is 16.1. The van der Waals surface area contributed by atoms with Crippen molar-refractivity contribution in [2.45, 2.75) is 38.4 Å². The molecule has 1 aliphatic rings. The third-order valence-electron chi connectivity index (χ3n) is 6.57. The maximum absolute atomic E-state index is 12.5. The molecular formula is C27H31N7O. The number of nitrogens with one attached hydrogen (secondary N) is 2. The highest BCUT2D eigenvalue weighted by Crippen LogP contribution is 2.21. The number of carbonyl (C=O) groups is 1. The first kappa shape index (κ1) is 23.0. The molecule has 0 saturated carbocycles. The Kier molecular flexibility index (Phi) is 7.29. The Bertz CT molecular complexity index is 1230. The van der Waals surface area contributed by atoms with Crippen molar-refractivity contribution in [3.63, 3.8) is 0 Å². The molecule has 0 unspecified atom stereocenters. The number of benzene rings is 2. The van der Waals surface area contributed by atoms with E-state index in [0.717, 1.165) is 62.0 Å². The number of rotatable bonds is 9. The number of nitrogens with zero attached hydrogens (tertiary/aromatic N) is 5. The molecule has 1 saturated heterocycles. The second-order valence-electron chi connectivity index (χ2n) is 8.96. The maximum atomic E-state index is 12.5. The Labute approximate surface area is 205 Å². The zero-order valence-electron chi connectivity index (χ0n) is 19.8. The summed E-state index contributed by atoms with van der Waals surface area (Å²) in [7, 11) is 0. The van der Waals surface area contributed by atoms with Crippen LogP contribution in [-0.2, 0) is 13.1 Å². The van der Waals surface area contributed by atoms with Gasteiger partial charge in [0.25, 0.3) is 5.91 Å². The van der Waals surface area contributed by atoms with Crippen molar-refractivity contribution in [3.8, 4) is 0 Å². The van der Waals surface area contributed by atoms with Gasteiger partial charge >= 0.3 is 0 Å². The fourth-order valence-electron chi connectivity index (χ4n) is 4.57. The van der Waals surface area contributed by atoms with Gasteiger partial charge in [0.15, 0.2) is 0 Å². The Morgan fingerprint density at radius 3 is 2.63 bits per heavy atom. The summed E-state index contributed by atoms with van der Waals surface area (Å²) < 4.78 is 1.99. The number of piperidine rings is 1. The van der Waals surface area contributed by atoms with Gasteiger partial charge in [0, 0.05) is 55.9 Å². The molecule has 180 valence electrons. The van der Waals surface area contributed by atoms with Crippen LogP contribution in [0.3, 0.4) is 0 Å². The van der Waals surface area contributed by atoms with Gasteiger partial charge < -0.3 is 15.5 Å². The van der Waals surface area contributed by atoms with Gasteiger partial charge in [-0.2, -0.15) is 0 Å². The number of para-hydroxylation sites is 1. The summed E-state index contributed by atoms with van der Waals surface area (Å²) in [6, 6.07) is 20.4. The number of anilines is 1. The van der Waals surface area contributed by atoms with E-state index in [0.29, 0.717) is 18.2 Å². The molecule has 1 amide bonds. The van der Waals surface area contributed by atoms with Crippen molar-refractivity contribution in [2.75, 3.05) is 24.5 Å². The lowest BCUT2D eigenvalue weighted by atomic mass is 10.0. The number of hydrogen-bond donors (Lipinski definition) is 2. The second-order valence-corrected chi connectivity index (χ2v) is 8.96. The standard InChI is InChI=1S/C27H31N7O/c35-27(30-20-21-5-3-14-28-19-21)22-8-10-24(11-9-22)33-17-12-23(13-18-33)29-15-4-16-34-26-7-2-1-6-25(26)31-32-34/h1-3,5-11,14,19,23,29H,4,12-13,15-18,20H2,(H,30,35). The Balaban J connectivity index is 1.03. The van der Waals surface area contributed by atoms with Crippen molar-refractivity contribution in [3.05, 3.63) is 84.2 Å². The summed E-state index contributed by atoms with van der Waals surface area (Å²) in [5, 5.41) is 15.2. The topological polar surface area (TPSA) is 88.0 Å². The summed E-state index contributed by atoms with van der Waals surface area (Å²) in [5.74, 6) is -0.0674. The van der Waals surface area contributed by atoms with Crippen LogP contribution in [0.4, 0.5) is 5.69 Å². The molecule has 2 N–H and O–H groups in total. The zero-order valence-corrected chi connectivity index (χ0v) is 19.8. The van der Waals surface area contributed by atoms with Crippen LogP contribution in [0.15, 0.2) is 73.1 Å². The molecule has 0 aliphatic carbocycles. The van der Waals surface area contributed by atoms with Crippen LogP contribution in [0.5, 0.6) is 0 Å². The number of amides is 1. The lowest BCUT2D eigenvalue weighted by Gasteiger charge is -2.34. The Hall–Kier alpha value is -3.78. The van der Waals surface area contributed by atoms with Gasteiger partial charge in [-0.25, -0.2) is 4.68 Å². The van der Waals surface area contributed by atoms with Gasteiger partial charge in [-0.05, 0) is 73.8 Å². The fourth-order valence-corrected chi connectivity index (χ4v) is 4.57. The van der Waals surface area contributed by atoms with Gasteiger partial charge in [-0.15, -0.1) is 5.10 Å². The summed E-state index contributed by atoms with van der Waals surface area (Å²) in [6.45, 7) is 4.34. The van der Waals surface area contributed by atoms with E-state index in [2.05, 4.69) is 49.0 Å². The quantitative estimate of drug-likeness (QED) is 0.365. The average molecular weight is 470 g/mol. The molecule has 4 aromatic rings. The molecule has 2 aromatic carbocycles. The van der Waals surface area contributed by atoms with Crippen molar-refractivity contribution in [1.82, 2.24) is 30.6 Å². The summed E-state index contributed by atoms with van der Waals surface area (Å²) in [4.78, 5) is 18.9. The summed E-state index contributed by atoms with van der Waals surface area (Å²) in [5.41, 5.74) is 4.88. The van der Waals surface area contributed by atoms with E-state index in [1.54, 1.807) is 12.4 Å². The molecule has 1 fully saturated rings. The van der Waals surface area contributed by atoms with Gasteiger partial charge in [0.05, 0.1) is 5.52 Å². The minimum absolute atomic E-state index is 0.0674. The van der Waals surface area contributed by atoms with Crippen LogP contribution >= 0.6 is 0 Å². The predicted molar refractivity (Wildman–Crippen MR) is 137 cm³/mol. The van der Waals surface area contributed by atoms with E-state index in [1.807, 2.05) is 47.1 Å². The van der Waals surface area contributed by atoms with E-state index in [9.17, 15) is 4.79 Å². The SMILES string of the molecule is O=C(NCc1cccnc1)c1ccc(N2CCC(NCCCn3nnc4ccccc43)CC2)cc1. The van der Waals surface area contributed by atoms with Crippen LogP contribution in [0.1, 0.15) is 35.2 Å². The van der Waals surface area contributed by atoms with Crippen LogP contribution in [0.25, 0.3) is 11.0 Å². The first-order valence-corrected chi connectivity index (χ1v) is 12.3. The molecule has 8 heteroatoms. The van der Waals surface area contributed by atoms with Gasteiger partial charge in [0.2, 0.25) is 0 Å². The molecule has 5 rings (SSSR count). The van der Waals surface area contributed by atoms with Gasteiger partial charge in [-0.1, -0.05) is 23.4 Å². The highest BCUT2D eigenvalue weighted by molar-refractivity contribution is 5.94. The third kappa shape index (κ3) is 5.84. The minimum Gasteiger partial charge on any atom is -0.371 e. The average Bonchev–Trinajstić information content (AvgIpc) is 3.34. The molecule has 3 heterocycles. The van der Waals surface area contributed by atoms with E-state index >= 15 is 0 Å². The molecule has 0 atom stereocenters. The van der Waals surface area contributed by atoms with Crippen molar-refractivity contribution >= 4 is 22.6 Å². The van der Waals surface area contributed by atoms with E-state index < -0.39 is 0 Å². The van der Waals surface area contributed by atoms with Crippen LogP contribution in [0, 0.1) is 0 Å². The molecular weight excluding hydrogens is 438 g/mol. The fraction of sp³-hybridized carbons (Fsp3) is 0.333. The minimum atomic E-state index is -0.0674. The summed E-state index contributed by atoms with van der Waals surface area (Å²) >= 11 is 0. The lowest BCUT2D eigenvalue weighted by Crippen LogP contribution is -2.43. The van der Waals surface area contributed by atoms with E-state index in [1.165, 1.54) is 5.69 Å². The maximum Gasteiger partial charge on any atom is 0.251 e. The first-order valence-electron chi connectivity index (χ1n) is 12.3. The monoisotopic (exact) mass is 469 g/mol. The van der Waals surface area contributed by atoms with E-state index in [-0.39, 0.29) is 5.91 Å². The Morgan fingerprint density at radius 2 is 1.83 bits per heavy atom. The number of carbonyl (C=O) groups excluding carboxylic acids is 1. The molecule has 1 aliphatic heterocycles. The Morgan fingerprint density at radius 1 is 1.00 bits per heavy atom. The van der Waals surface area contributed by atoms with Gasteiger partial charge in [0.1, 0.15) is 5.52 Å². The number of aromatic nitrogens is 4. The molecule has 8 nitrogen and oxygen atoms in total. The first-order chi connectivity index (χ1) is 17.3. The van der Waals surface area contributed by atoms with Crippen LogP contribution < -0.4 is 15.5 Å². The van der Waals surface area contributed by atoms with Crippen molar-refractivity contribution in [2.24, 2.45) is 0 Å². The molecule has 35 heavy (non-hydrogen) atoms. The smallest absolute Gasteiger partial charge is 0.251 e. The number of aryl methyl sites for hydroxylation is 1. The largest absolute Gasteiger partial charge is 0.371 e.